The van der Waals surface area contributed by atoms with Gasteiger partial charge in [-0.3, -0.25) is 14.8 Å². The average molecular weight is 416 g/mol. The van der Waals surface area contributed by atoms with Crippen molar-refractivity contribution in [3.05, 3.63) is 59.2 Å². The van der Waals surface area contributed by atoms with E-state index in [9.17, 15) is 9.90 Å². The smallest absolute Gasteiger partial charge is 0.166 e. The van der Waals surface area contributed by atoms with Crippen LogP contribution in [0.3, 0.4) is 0 Å². The van der Waals surface area contributed by atoms with Gasteiger partial charge in [0.15, 0.2) is 5.78 Å². The van der Waals surface area contributed by atoms with Crippen LogP contribution in [0.5, 0.6) is 0 Å². The van der Waals surface area contributed by atoms with Crippen LogP contribution < -0.4 is 5.32 Å². The van der Waals surface area contributed by atoms with E-state index in [0.29, 0.717) is 42.2 Å². The predicted octanol–water partition coefficient (Wildman–Crippen LogP) is 4.21. The summed E-state index contributed by atoms with van der Waals surface area (Å²) in [7, 11) is 0. The molecule has 31 heavy (non-hydrogen) atoms. The number of nitrogens with zero attached hydrogens (tertiary/aromatic N) is 2. The molecule has 2 heterocycles. The lowest BCUT2D eigenvalue weighted by molar-refractivity contribution is -0.129. The first-order chi connectivity index (χ1) is 15.1. The molecule has 5 aliphatic rings. The molecule has 0 saturated heterocycles. The van der Waals surface area contributed by atoms with Gasteiger partial charge in [0.2, 0.25) is 0 Å². The molecule has 4 bridgehead atoms. The summed E-state index contributed by atoms with van der Waals surface area (Å²) in [6.07, 6.45) is 16.7. The number of allylic oxidation sites excluding steroid dienone is 1. The minimum atomic E-state index is -0.446. The highest BCUT2D eigenvalue weighted by molar-refractivity contribution is 6.03. The lowest BCUT2D eigenvalue weighted by Gasteiger charge is -2.58. The van der Waals surface area contributed by atoms with Crippen molar-refractivity contribution in [3.8, 4) is 0 Å². The number of aryl methyl sites for hydroxylation is 1. The van der Waals surface area contributed by atoms with E-state index in [1.807, 2.05) is 12.1 Å². The zero-order chi connectivity index (χ0) is 21.0. The maximum atomic E-state index is 13.3. The van der Waals surface area contributed by atoms with Crippen LogP contribution in [0.25, 0.3) is 6.08 Å². The molecule has 160 valence electrons. The maximum absolute atomic E-state index is 13.3. The number of rotatable bonds is 6. The first kappa shape index (κ1) is 19.2. The molecule has 2 aromatic heterocycles. The van der Waals surface area contributed by atoms with E-state index < -0.39 is 5.60 Å². The van der Waals surface area contributed by atoms with Crippen LogP contribution in [0.15, 0.2) is 36.8 Å². The molecule has 5 heteroatoms. The highest BCUT2D eigenvalue weighted by Crippen LogP contribution is 2.56. The number of nitrogens with one attached hydrogen (secondary N) is 1. The number of anilines is 1. The Bertz CT molecular complexity index is 1030. The number of carbonyl (C=O) groups excluding carboxylic acids is 1. The molecule has 4 fully saturated rings. The van der Waals surface area contributed by atoms with Crippen molar-refractivity contribution >= 4 is 17.5 Å². The topological polar surface area (TPSA) is 75.1 Å². The number of fused-ring (bicyclic) bond motifs is 1. The highest BCUT2D eigenvalue weighted by atomic mass is 16.3. The summed E-state index contributed by atoms with van der Waals surface area (Å²) in [6.45, 7) is 0. The standard InChI is InChI=1S/C26H29N3O2/c30-23(5-4-16-6-8-27-9-7-16)21-15-28-22-3-1-2-20(22)25(21)29-24-18-10-17-11-19(24)14-26(31,12-17)13-18/h1-2,6-9,15,17-19,24,31H,3-5,10-14H2,(H,28,29)/t17?,18-,19+,24?,26?. The van der Waals surface area contributed by atoms with E-state index in [4.69, 9.17) is 0 Å². The van der Waals surface area contributed by atoms with Crippen LogP contribution in [-0.4, -0.2) is 32.5 Å². The summed E-state index contributed by atoms with van der Waals surface area (Å²) in [5, 5.41) is 14.8. The Morgan fingerprint density at radius 1 is 1.16 bits per heavy atom. The molecule has 2 N–H and O–H groups in total. The fourth-order valence-electron chi connectivity index (χ4n) is 6.89. The summed E-state index contributed by atoms with van der Waals surface area (Å²) in [4.78, 5) is 22.0. The number of ketones is 1. The van der Waals surface area contributed by atoms with Crippen molar-refractivity contribution < 1.29 is 9.90 Å². The third-order valence-corrected chi connectivity index (χ3v) is 8.04. The van der Waals surface area contributed by atoms with E-state index in [0.717, 1.165) is 48.2 Å². The Morgan fingerprint density at radius 2 is 1.94 bits per heavy atom. The first-order valence-corrected chi connectivity index (χ1v) is 11.7. The van der Waals surface area contributed by atoms with Gasteiger partial charge in [-0.2, -0.15) is 0 Å². The third-order valence-electron chi connectivity index (χ3n) is 8.04. The molecule has 0 amide bonds. The van der Waals surface area contributed by atoms with E-state index in [1.165, 1.54) is 12.8 Å². The van der Waals surface area contributed by atoms with Crippen molar-refractivity contribution in [2.45, 2.75) is 63.0 Å². The highest BCUT2D eigenvalue weighted by Gasteiger charge is 2.54. The largest absolute Gasteiger partial charge is 0.390 e. The van der Waals surface area contributed by atoms with Gasteiger partial charge in [-0.1, -0.05) is 12.2 Å². The van der Waals surface area contributed by atoms with Gasteiger partial charge in [0.05, 0.1) is 22.5 Å². The van der Waals surface area contributed by atoms with Gasteiger partial charge in [-0.05, 0) is 74.0 Å². The Morgan fingerprint density at radius 3 is 2.68 bits per heavy atom. The van der Waals surface area contributed by atoms with E-state index >= 15 is 0 Å². The van der Waals surface area contributed by atoms with Crippen molar-refractivity contribution in [2.24, 2.45) is 17.8 Å². The molecule has 5 atom stereocenters. The monoisotopic (exact) mass is 415 g/mol. The SMILES string of the molecule is O=C(CCc1ccncc1)c1cnc2c(c1NC1[C@@H]3CC4C[C@H]1CC(O)(C4)C3)C=CC2. The Kier molecular flexibility index (Phi) is 4.49. The number of hydrogen-bond acceptors (Lipinski definition) is 5. The number of aromatic nitrogens is 2. The number of aliphatic hydroxyl groups is 1. The average Bonchev–Trinajstić information content (AvgIpc) is 3.23. The molecular formula is C26H29N3O2. The van der Waals surface area contributed by atoms with Crippen molar-refractivity contribution in [1.29, 1.82) is 0 Å². The lowest BCUT2D eigenvalue weighted by atomic mass is 9.52. The number of pyridine rings is 2. The molecular weight excluding hydrogens is 386 g/mol. The van der Waals surface area contributed by atoms with Crippen LogP contribution in [-0.2, 0) is 12.8 Å². The molecule has 0 aromatic carbocycles. The molecule has 0 aliphatic heterocycles. The molecule has 2 aromatic rings. The summed E-state index contributed by atoms with van der Waals surface area (Å²) < 4.78 is 0. The van der Waals surface area contributed by atoms with Gasteiger partial charge >= 0.3 is 0 Å². The van der Waals surface area contributed by atoms with Crippen molar-refractivity contribution in [2.75, 3.05) is 5.32 Å². The van der Waals surface area contributed by atoms with Crippen LogP contribution in [0, 0.1) is 17.8 Å². The molecule has 5 aliphatic carbocycles. The van der Waals surface area contributed by atoms with Gasteiger partial charge in [0.1, 0.15) is 0 Å². The molecule has 3 unspecified atom stereocenters. The van der Waals surface area contributed by atoms with Gasteiger partial charge in [0, 0.05) is 43.0 Å². The number of Topliss-reactive ketones (excluding diaryl/α,β-unsaturated/α-hetero) is 1. The van der Waals surface area contributed by atoms with Gasteiger partial charge in [-0.15, -0.1) is 0 Å². The van der Waals surface area contributed by atoms with Crippen LogP contribution >= 0.6 is 0 Å². The first-order valence-electron chi connectivity index (χ1n) is 11.7. The third kappa shape index (κ3) is 3.39. The maximum Gasteiger partial charge on any atom is 0.166 e. The quantitative estimate of drug-likeness (QED) is 0.691. The predicted molar refractivity (Wildman–Crippen MR) is 120 cm³/mol. The summed E-state index contributed by atoms with van der Waals surface area (Å²) >= 11 is 0. The number of hydrogen-bond donors (Lipinski definition) is 2. The Labute approximate surface area is 183 Å². The Balaban J connectivity index is 1.28. The fraction of sp³-hybridized carbons (Fsp3) is 0.500. The molecule has 7 rings (SSSR count). The van der Waals surface area contributed by atoms with Gasteiger partial charge in [0.25, 0.3) is 0 Å². The zero-order valence-electron chi connectivity index (χ0n) is 17.8. The lowest BCUT2D eigenvalue weighted by Crippen LogP contribution is -2.59. The summed E-state index contributed by atoms with van der Waals surface area (Å²) in [6, 6.07) is 4.27. The molecule has 4 saturated carbocycles. The zero-order valence-corrected chi connectivity index (χ0v) is 17.8. The van der Waals surface area contributed by atoms with Crippen LogP contribution in [0.4, 0.5) is 5.69 Å². The van der Waals surface area contributed by atoms with E-state index in [2.05, 4.69) is 27.4 Å². The Hall–Kier alpha value is -2.53. The minimum Gasteiger partial charge on any atom is -0.390 e. The number of carbonyl (C=O) groups is 1. The fourth-order valence-corrected chi connectivity index (χ4v) is 6.89. The van der Waals surface area contributed by atoms with Gasteiger partial charge < -0.3 is 10.4 Å². The van der Waals surface area contributed by atoms with Crippen molar-refractivity contribution in [1.82, 2.24) is 9.97 Å². The normalized spacial score (nSPS) is 32.3. The minimum absolute atomic E-state index is 0.136. The van der Waals surface area contributed by atoms with Crippen LogP contribution in [0.1, 0.15) is 65.7 Å². The molecule has 0 radical (unpaired) electrons. The van der Waals surface area contributed by atoms with Crippen molar-refractivity contribution in [3.63, 3.8) is 0 Å². The van der Waals surface area contributed by atoms with E-state index in [1.54, 1.807) is 18.6 Å². The second-order valence-corrected chi connectivity index (χ2v) is 10.2. The van der Waals surface area contributed by atoms with Gasteiger partial charge in [-0.25, -0.2) is 0 Å². The summed E-state index contributed by atoms with van der Waals surface area (Å²) in [5.41, 5.74) is 4.51. The summed E-state index contributed by atoms with van der Waals surface area (Å²) in [5.74, 6) is 1.79. The molecule has 0 spiro atoms. The second kappa shape index (κ2) is 7.27. The van der Waals surface area contributed by atoms with E-state index in [-0.39, 0.29) is 5.78 Å². The van der Waals surface area contributed by atoms with Crippen LogP contribution in [0.2, 0.25) is 0 Å². The molecule has 5 nitrogen and oxygen atoms in total. The second-order valence-electron chi connectivity index (χ2n) is 10.2.